The Labute approximate surface area is 64.7 Å². The Morgan fingerprint density at radius 3 is 2.27 bits per heavy atom. The van der Waals surface area contributed by atoms with E-state index in [1.165, 1.54) is 13.8 Å². The molecule has 11 heavy (non-hydrogen) atoms. The minimum absolute atomic E-state index is 0.00676. The first kappa shape index (κ1) is 9.84. The van der Waals surface area contributed by atoms with Crippen molar-refractivity contribution in [3.8, 4) is 0 Å². The normalized spacial score (nSPS) is 14.3. The second-order valence-corrected chi connectivity index (χ2v) is 2.32. The first-order valence-corrected chi connectivity index (χ1v) is 3.16. The number of rotatable bonds is 3. The Morgan fingerprint density at radius 2 is 2.00 bits per heavy atom. The highest BCUT2D eigenvalue weighted by Crippen LogP contribution is 1.93. The molecule has 0 aliphatic rings. The van der Waals surface area contributed by atoms with E-state index < -0.39 is 12.0 Å². The van der Waals surface area contributed by atoms with Crippen molar-refractivity contribution in [1.29, 1.82) is 0 Å². The molecule has 4 nitrogen and oxygen atoms in total. The molecule has 0 aromatic carbocycles. The molecule has 0 bridgehead atoms. The van der Waals surface area contributed by atoms with Crippen molar-refractivity contribution >= 4 is 11.8 Å². The third kappa shape index (κ3) is 3.52. The molecular formula is C7H11NO3. The van der Waals surface area contributed by atoms with Gasteiger partial charge in [-0.25, -0.2) is 4.79 Å². The molecule has 0 fully saturated rings. The Hall–Kier alpha value is -1.16. The van der Waals surface area contributed by atoms with Crippen LogP contribution in [0.2, 0.25) is 0 Å². The van der Waals surface area contributed by atoms with Crippen LogP contribution in [0.15, 0.2) is 11.6 Å². The van der Waals surface area contributed by atoms with Gasteiger partial charge in [-0.3, -0.25) is 4.79 Å². The molecule has 0 aromatic heterocycles. The molecule has 0 saturated carbocycles. The molecule has 1 atom stereocenters. The largest absolute Gasteiger partial charge is 0.478 e. The monoisotopic (exact) mass is 157 g/mol. The Balaban J connectivity index is 4.32. The summed E-state index contributed by atoms with van der Waals surface area (Å²) in [6.07, 6.45) is 1.03. The van der Waals surface area contributed by atoms with Crippen LogP contribution in [0.4, 0.5) is 0 Å². The van der Waals surface area contributed by atoms with Crippen molar-refractivity contribution < 1.29 is 14.7 Å². The van der Waals surface area contributed by atoms with Crippen LogP contribution in [0, 0.1) is 0 Å². The number of carboxylic acids is 1. The summed E-state index contributed by atoms with van der Waals surface area (Å²) in [5.41, 5.74) is 5.20. The van der Waals surface area contributed by atoms with Gasteiger partial charge in [0.2, 0.25) is 0 Å². The highest BCUT2D eigenvalue weighted by Gasteiger charge is 2.07. The topological polar surface area (TPSA) is 80.4 Å². The van der Waals surface area contributed by atoms with Crippen LogP contribution < -0.4 is 5.73 Å². The summed E-state index contributed by atoms with van der Waals surface area (Å²) in [6, 6.07) is -0.635. The SMILES string of the molecule is CC(=CC(=O)[C@H](C)N)C(=O)O. The highest BCUT2D eigenvalue weighted by atomic mass is 16.4. The fraction of sp³-hybridized carbons (Fsp3) is 0.429. The number of aliphatic carboxylic acids is 1. The second kappa shape index (κ2) is 3.88. The molecule has 0 aliphatic carbocycles. The van der Waals surface area contributed by atoms with Gasteiger partial charge < -0.3 is 10.8 Å². The van der Waals surface area contributed by atoms with E-state index in [1.54, 1.807) is 0 Å². The summed E-state index contributed by atoms with van der Waals surface area (Å²) in [5, 5.41) is 8.35. The van der Waals surface area contributed by atoms with Crippen molar-refractivity contribution in [1.82, 2.24) is 0 Å². The van der Waals surface area contributed by atoms with Gasteiger partial charge in [0.1, 0.15) is 0 Å². The zero-order chi connectivity index (χ0) is 9.02. The van der Waals surface area contributed by atoms with Crippen molar-refractivity contribution in [2.24, 2.45) is 5.73 Å². The lowest BCUT2D eigenvalue weighted by Gasteiger charge is -1.97. The molecule has 0 saturated heterocycles. The fourth-order valence-corrected chi connectivity index (χ4v) is 0.407. The molecule has 0 spiro atoms. The van der Waals surface area contributed by atoms with Crippen LogP contribution in [0.5, 0.6) is 0 Å². The van der Waals surface area contributed by atoms with E-state index in [9.17, 15) is 9.59 Å². The first-order valence-electron chi connectivity index (χ1n) is 3.16. The lowest BCUT2D eigenvalue weighted by molar-refractivity contribution is -0.132. The minimum Gasteiger partial charge on any atom is -0.478 e. The van der Waals surface area contributed by atoms with E-state index in [0.717, 1.165) is 6.08 Å². The summed E-state index contributed by atoms with van der Waals surface area (Å²) in [4.78, 5) is 21.0. The molecule has 0 heterocycles. The predicted molar refractivity (Wildman–Crippen MR) is 40.0 cm³/mol. The maximum atomic E-state index is 10.8. The summed E-state index contributed by atoms with van der Waals surface area (Å²) in [7, 11) is 0. The Bertz CT molecular complexity index is 206. The molecule has 62 valence electrons. The van der Waals surface area contributed by atoms with E-state index in [4.69, 9.17) is 10.8 Å². The van der Waals surface area contributed by atoms with Crippen LogP contribution in [-0.2, 0) is 9.59 Å². The van der Waals surface area contributed by atoms with Gasteiger partial charge in [0.15, 0.2) is 5.78 Å². The van der Waals surface area contributed by atoms with Gasteiger partial charge in [0.05, 0.1) is 6.04 Å². The van der Waals surface area contributed by atoms with E-state index in [1.807, 2.05) is 0 Å². The van der Waals surface area contributed by atoms with E-state index >= 15 is 0 Å². The Kier molecular flexibility index (Phi) is 3.47. The third-order valence-electron chi connectivity index (χ3n) is 1.14. The van der Waals surface area contributed by atoms with Crippen LogP contribution in [0.3, 0.4) is 0 Å². The maximum absolute atomic E-state index is 10.8. The number of carboxylic acid groups (broad SMARTS) is 1. The van der Waals surface area contributed by atoms with Crippen molar-refractivity contribution in [3.05, 3.63) is 11.6 Å². The van der Waals surface area contributed by atoms with Gasteiger partial charge in [-0.15, -0.1) is 0 Å². The molecule has 0 aliphatic heterocycles. The van der Waals surface area contributed by atoms with Gasteiger partial charge in [-0.1, -0.05) is 0 Å². The van der Waals surface area contributed by atoms with Gasteiger partial charge in [-0.2, -0.15) is 0 Å². The lowest BCUT2D eigenvalue weighted by atomic mass is 10.1. The van der Waals surface area contributed by atoms with Crippen LogP contribution in [-0.4, -0.2) is 22.9 Å². The number of nitrogens with two attached hydrogens (primary N) is 1. The molecule has 3 N–H and O–H groups in total. The molecule has 0 unspecified atom stereocenters. The minimum atomic E-state index is -1.10. The molecule has 0 aromatic rings. The second-order valence-electron chi connectivity index (χ2n) is 2.32. The van der Waals surface area contributed by atoms with Crippen LogP contribution in [0.1, 0.15) is 13.8 Å². The van der Waals surface area contributed by atoms with Gasteiger partial charge >= 0.3 is 5.97 Å². The quantitative estimate of drug-likeness (QED) is 0.562. The van der Waals surface area contributed by atoms with Crippen LogP contribution >= 0.6 is 0 Å². The standard InChI is InChI=1S/C7H11NO3/c1-4(7(10)11)3-6(9)5(2)8/h3,5H,8H2,1-2H3,(H,10,11)/t5-/m0/s1. The van der Waals surface area contributed by atoms with Gasteiger partial charge in [-0.05, 0) is 19.9 Å². The average Bonchev–Trinajstić information content (AvgIpc) is 1.87. The molecule has 0 rings (SSSR count). The number of ketones is 1. The average molecular weight is 157 g/mol. The number of hydrogen-bond acceptors (Lipinski definition) is 3. The molecular weight excluding hydrogens is 146 g/mol. The molecule has 0 amide bonds. The first-order chi connectivity index (χ1) is 4.95. The zero-order valence-electron chi connectivity index (χ0n) is 6.50. The number of carbonyl (C=O) groups excluding carboxylic acids is 1. The third-order valence-corrected chi connectivity index (χ3v) is 1.14. The van der Waals surface area contributed by atoms with Gasteiger partial charge in [0.25, 0.3) is 0 Å². The van der Waals surface area contributed by atoms with Crippen LogP contribution in [0.25, 0.3) is 0 Å². The lowest BCUT2D eigenvalue weighted by Crippen LogP contribution is -2.25. The number of hydrogen-bond donors (Lipinski definition) is 2. The Morgan fingerprint density at radius 1 is 1.55 bits per heavy atom. The predicted octanol–water partition coefficient (Wildman–Crippen LogP) is -0.0664. The molecule has 4 heteroatoms. The van der Waals surface area contributed by atoms with Gasteiger partial charge in [0, 0.05) is 5.57 Å². The van der Waals surface area contributed by atoms with E-state index in [-0.39, 0.29) is 11.4 Å². The van der Waals surface area contributed by atoms with E-state index in [2.05, 4.69) is 0 Å². The van der Waals surface area contributed by atoms with Crippen molar-refractivity contribution in [2.45, 2.75) is 19.9 Å². The zero-order valence-corrected chi connectivity index (χ0v) is 6.50. The summed E-state index contributed by atoms with van der Waals surface area (Å²) >= 11 is 0. The highest BCUT2D eigenvalue weighted by molar-refractivity contribution is 6.00. The van der Waals surface area contributed by atoms with E-state index in [0.29, 0.717) is 0 Å². The number of carbonyl (C=O) groups is 2. The molecule has 0 radical (unpaired) electrons. The maximum Gasteiger partial charge on any atom is 0.331 e. The summed E-state index contributed by atoms with van der Waals surface area (Å²) in [5.74, 6) is -1.47. The smallest absolute Gasteiger partial charge is 0.331 e. The van der Waals surface area contributed by atoms with Crippen molar-refractivity contribution in [3.63, 3.8) is 0 Å². The summed E-state index contributed by atoms with van der Waals surface area (Å²) in [6.45, 7) is 2.86. The summed E-state index contributed by atoms with van der Waals surface area (Å²) < 4.78 is 0. The fourth-order valence-electron chi connectivity index (χ4n) is 0.407. The van der Waals surface area contributed by atoms with Crippen molar-refractivity contribution in [2.75, 3.05) is 0 Å².